The van der Waals surface area contributed by atoms with Crippen molar-refractivity contribution in [2.75, 3.05) is 27.2 Å². The van der Waals surface area contributed by atoms with Gasteiger partial charge in [0, 0.05) is 39.3 Å². The number of carbonyl (C=O) groups excluding carboxylic acids is 2. The molecule has 0 N–H and O–H groups in total. The van der Waals surface area contributed by atoms with Gasteiger partial charge < -0.3 is 14.5 Å². The van der Waals surface area contributed by atoms with Crippen LogP contribution in [0.15, 0.2) is 18.3 Å². The number of likely N-dealkylation sites (tertiary alicyclic amines) is 1. The predicted molar refractivity (Wildman–Crippen MR) is 89.8 cm³/mol. The van der Waals surface area contributed by atoms with E-state index in [2.05, 4.69) is 4.98 Å². The molecule has 3 atom stereocenters. The first-order valence-electron chi connectivity index (χ1n) is 8.60. The zero-order valence-corrected chi connectivity index (χ0v) is 14.6. The van der Waals surface area contributed by atoms with Gasteiger partial charge in [-0.1, -0.05) is 0 Å². The maximum absolute atomic E-state index is 12.9. The van der Waals surface area contributed by atoms with Crippen LogP contribution in [0.1, 0.15) is 36.5 Å². The van der Waals surface area contributed by atoms with Gasteiger partial charge in [-0.05, 0) is 43.7 Å². The number of hydrogen-bond acceptors (Lipinski definition) is 4. The van der Waals surface area contributed by atoms with Crippen LogP contribution in [0, 0.1) is 11.8 Å². The van der Waals surface area contributed by atoms with Crippen LogP contribution >= 0.6 is 0 Å². The summed E-state index contributed by atoms with van der Waals surface area (Å²) in [4.78, 5) is 32.6. The third-order valence-corrected chi connectivity index (χ3v) is 5.34. The second-order valence-corrected chi connectivity index (χ2v) is 6.83. The molecule has 0 unspecified atom stereocenters. The molecule has 1 saturated carbocycles. The van der Waals surface area contributed by atoms with E-state index in [0.29, 0.717) is 36.3 Å². The maximum atomic E-state index is 12.9. The highest BCUT2D eigenvalue weighted by Crippen LogP contribution is 2.40. The summed E-state index contributed by atoms with van der Waals surface area (Å²) in [6, 6.07) is 3.68. The summed E-state index contributed by atoms with van der Waals surface area (Å²) in [7, 11) is 3.71. The molecule has 1 aliphatic carbocycles. The third-order valence-electron chi connectivity index (χ3n) is 5.34. The van der Waals surface area contributed by atoms with Gasteiger partial charge in [0.15, 0.2) is 0 Å². The Morgan fingerprint density at radius 3 is 2.92 bits per heavy atom. The van der Waals surface area contributed by atoms with Gasteiger partial charge in [0.05, 0.1) is 6.61 Å². The topological polar surface area (TPSA) is 62.7 Å². The van der Waals surface area contributed by atoms with Crippen molar-refractivity contribution < 1.29 is 14.3 Å². The van der Waals surface area contributed by atoms with E-state index >= 15 is 0 Å². The fraction of sp³-hybridized carbons (Fsp3) is 0.611. The van der Waals surface area contributed by atoms with Gasteiger partial charge in [0.25, 0.3) is 5.91 Å². The van der Waals surface area contributed by atoms with Gasteiger partial charge in [-0.15, -0.1) is 0 Å². The van der Waals surface area contributed by atoms with Crippen LogP contribution < -0.4 is 4.74 Å². The molecule has 0 aromatic carbocycles. The number of fused-ring (bicyclic) bond motifs is 1. The first-order chi connectivity index (χ1) is 11.5. The molecule has 2 aliphatic rings. The van der Waals surface area contributed by atoms with Gasteiger partial charge in [0.2, 0.25) is 11.8 Å². The van der Waals surface area contributed by atoms with Crippen LogP contribution in [-0.2, 0) is 4.79 Å². The molecule has 0 spiro atoms. The van der Waals surface area contributed by atoms with E-state index in [9.17, 15) is 9.59 Å². The Kier molecular flexibility index (Phi) is 4.73. The Hall–Kier alpha value is -2.11. The molecule has 1 aromatic heterocycles. The van der Waals surface area contributed by atoms with Gasteiger partial charge in [0.1, 0.15) is 5.56 Å². The van der Waals surface area contributed by atoms with E-state index in [-0.39, 0.29) is 17.9 Å². The van der Waals surface area contributed by atoms with Crippen LogP contribution in [0.25, 0.3) is 0 Å². The lowest BCUT2D eigenvalue weighted by Crippen LogP contribution is -2.40. The number of hydrogen-bond donors (Lipinski definition) is 0. The van der Waals surface area contributed by atoms with Crippen molar-refractivity contribution in [3.8, 4) is 5.88 Å². The molecule has 1 aliphatic heterocycles. The largest absolute Gasteiger partial charge is 0.477 e. The van der Waals surface area contributed by atoms with E-state index < -0.39 is 0 Å². The molecule has 0 bridgehead atoms. The summed E-state index contributed by atoms with van der Waals surface area (Å²) in [6.07, 6.45) is 4.09. The van der Waals surface area contributed by atoms with E-state index in [1.165, 1.54) is 0 Å². The molecule has 1 saturated heterocycles. The van der Waals surface area contributed by atoms with Crippen LogP contribution in [-0.4, -0.2) is 59.9 Å². The zero-order chi connectivity index (χ0) is 17.3. The average molecular weight is 331 g/mol. The van der Waals surface area contributed by atoms with Crippen molar-refractivity contribution in [1.29, 1.82) is 0 Å². The first-order valence-corrected chi connectivity index (χ1v) is 8.60. The summed E-state index contributed by atoms with van der Waals surface area (Å²) in [5, 5.41) is 0. The van der Waals surface area contributed by atoms with E-state index in [1.54, 1.807) is 18.3 Å². The van der Waals surface area contributed by atoms with E-state index in [4.69, 9.17) is 4.74 Å². The summed E-state index contributed by atoms with van der Waals surface area (Å²) < 4.78 is 5.48. The van der Waals surface area contributed by atoms with Crippen LogP contribution in [0.2, 0.25) is 0 Å². The summed E-state index contributed by atoms with van der Waals surface area (Å²) in [6.45, 7) is 3.16. The number of carbonyl (C=O) groups is 2. The number of rotatable bonds is 4. The Morgan fingerprint density at radius 2 is 2.17 bits per heavy atom. The van der Waals surface area contributed by atoms with Crippen molar-refractivity contribution in [2.45, 2.75) is 32.2 Å². The Morgan fingerprint density at radius 1 is 1.42 bits per heavy atom. The fourth-order valence-corrected chi connectivity index (χ4v) is 3.96. The van der Waals surface area contributed by atoms with E-state index in [0.717, 1.165) is 19.4 Å². The maximum Gasteiger partial charge on any atom is 0.259 e. The Bertz CT molecular complexity index is 634. The lowest BCUT2D eigenvalue weighted by atomic mass is 9.88. The molecular weight excluding hydrogens is 306 g/mol. The van der Waals surface area contributed by atoms with Crippen molar-refractivity contribution in [3.63, 3.8) is 0 Å². The van der Waals surface area contributed by atoms with Crippen LogP contribution in [0.5, 0.6) is 5.88 Å². The van der Waals surface area contributed by atoms with Crippen molar-refractivity contribution in [3.05, 3.63) is 23.9 Å². The molecule has 1 aromatic rings. The van der Waals surface area contributed by atoms with Crippen molar-refractivity contribution in [2.24, 2.45) is 11.8 Å². The number of ether oxygens (including phenoxy) is 1. The molecule has 130 valence electrons. The second-order valence-electron chi connectivity index (χ2n) is 6.83. The molecule has 0 radical (unpaired) electrons. The first kappa shape index (κ1) is 16.7. The van der Waals surface area contributed by atoms with Crippen LogP contribution in [0.3, 0.4) is 0 Å². The summed E-state index contributed by atoms with van der Waals surface area (Å²) >= 11 is 0. The van der Waals surface area contributed by atoms with Crippen LogP contribution in [0.4, 0.5) is 0 Å². The number of nitrogens with zero attached hydrogens (tertiary/aromatic N) is 3. The summed E-state index contributed by atoms with van der Waals surface area (Å²) in [5.41, 5.74) is 0.505. The number of piperidine rings is 1. The molecule has 2 heterocycles. The number of aromatic nitrogens is 1. The third kappa shape index (κ3) is 3.09. The molecular formula is C18H25N3O3. The highest BCUT2D eigenvalue weighted by atomic mass is 16.5. The van der Waals surface area contributed by atoms with Crippen molar-refractivity contribution >= 4 is 11.8 Å². The molecule has 6 heteroatoms. The van der Waals surface area contributed by atoms with Crippen molar-refractivity contribution in [1.82, 2.24) is 14.8 Å². The molecule has 24 heavy (non-hydrogen) atoms. The Balaban J connectivity index is 1.72. The minimum atomic E-state index is -0.0603. The minimum Gasteiger partial charge on any atom is -0.477 e. The predicted octanol–water partition coefficient (Wildman–Crippen LogP) is 1.81. The SMILES string of the molecule is CCOc1ncccc1C(=O)N(C)[C@H]1C[C@H]2CC(=O)N(C)C[C@H]2C1. The normalized spacial score (nSPS) is 26.2. The van der Waals surface area contributed by atoms with Gasteiger partial charge in [-0.3, -0.25) is 9.59 Å². The molecule has 2 fully saturated rings. The quantitative estimate of drug-likeness (QED) is 0.844. The fourth-order valence-electron chi connectivity index (χ4n) is 3.96. The lowest BCUT2D eigenvalue weighted by Gasteiger charge is -2.31. The van der Waals surface area contributed by atoms with E-state index in [1.807, 2.05) is 30.8 Å². The Labute approximate surface area is 142 Å². The van der Waals surface area contributed by atoms with Gasteiger partial charge >= 0.3 is 0 Å². The number of pyridine rings is 1. The molecule has 2 amide bonds. The molecule has 6 nitrogen and oxygen atoms in total. The minimum absolute atomic E-state index is 0.0603. The molecule has 3 rings (SSSR count). The smallest absolute Gasteiger partial charge is 0.259 e. The standard InChI is InChI=1S/C18H25N3O3/c1-4-24-17-15(6-5-7-19-17)18(23)21(3)14-8-12-10-16(22)20(2)11-13(12)9-14/h5-7,12-14H,4,8-11H2,1-3H3/t12-,13+,14-/m0/s1. The van der Waals surface area contributed by atoms with Gasteiger partial charge in [-0.2, -0.15) is 0 Å². The highest BCUT2D eigenvalue weighted by Gasteiger charge is 2.42. The van der Waals surface area contributed by atoms with Gasteiger partial charge in [-0.25, -0.2) is 4.98 Å². The lowest BCUT2D eigenvalue weighted by molar-refractivity contribution is -0.134. The average Bonchev–Trinajstić information content (AvgIpc) is 2.97. The monoisotopic (exact) mass is 331 g/mol. The summed E-state index contributed by atoms with van der Waals surface area (Å²) in [5.74, 6) is 1.44. The zero-order valence-electron chi connectivity index (χ0n) is 14.6. The highest BCUT2D eigenvalue weighted by molar-refractivity contribution is 5.96. The second kappa shape index (κ2) is 6.79. The number of amides is 2.